The van der Waals surface area contributed by atoms with Crippen molar-refractivity contribution in [3.05, 3.63) is 57.6 Å². The second-order valence-electron chi connectivity index (χ2n) is 11.2. The average molecular weight is 558 g/mol. The molecule has 39 heavy (non-hydrogen) atoms. The van der Waals surface area contributed by atoms with E-state index in [0.717, 1.165) is 34.4 Å². The Morgan fingerprint density at radius 3 is 2.59 bits per heavy atom. The molecule has 0 unspecified atom stereocenters. The zero-order valence-electron chi connectivity index (χ0n) is 22.1. The smallest absolute Gasteiger partial charge is 0.410 e. The van der Waals surface area contributed by atoms with Gasteiger partial charge in [-0.3, -0.25) is 4.79 Å². The number of hydrogen-bond donors (Lipinski definition) is 2. The fourth-order valence-electron chi connectivity index (χ4n) is 5.44. The van der Waals surface area contributed by atoms with Gasteiger partial charge in [0.2, 0.25) is 0 Å². The molecule has 11 heteroatoms. The minimum absolute atomic E-state index is 0.105. The maximum atomic E-state index is 14.1. The average Bonchev–Trinajstić information content (AvgIpc) is 3.47. The van der Waals surface area contributed by atoms with E-state index < -0.39 is 24.2 Å². The predicted molar refractivity (Wildman–Crippen MR) is 143 cm³/mol. The summed E-state index contributed by atoms with van der Waals surface area (Å²) in [5, 5.41) is 20.2. The highest BCUT2D eigenvalue weighted by atomic mass is 32.1. The van der Waals surface area contributed by atoms with E-state index in [9.17, 15) is 23.2 Å². The van der Waals surface area contributed by atoms with Crippen LogP contribution in [0.15, 0.2) is 30.3 Å². The molecule has 1 aromatic carbocycles. The Hall–Kier alpha value is -3.52. The van der Waals surface area contributed by atoms with Crippen molar-refractivity contribution in [3.63, 3.8) is 0 Å². The van der Waals surface area contributed by atoms with Crippen molar-refractivity contribution in [2.45, 2.75) is 64.7 Å². The lowest BCUT2D eigenvalue weighted by atomic mass is 9.72. The zero-order chi connectivity index (χ0) is 28.1. The van der Waals surface area contributed by atoms with Crippen molar-refractivity contribution in [1.29, 1.82) is 5.26 Å². The van der Waals surface area contributed by atoms with Crippen molar-refractivity contribution in [2.75, 3.05) is 17.7 Å². The number of benzene rings is 1. The maximum Gasteiger partial charge on any atom is 0.410 e. The van der Waals surface area contributed by atoms with Gasteiger partial charge in [0, 0.05) is 17.4 Å². The number of thiophene rings is 1. The number of amides is 1. The summed E-state index contributed by atoms with van der Waals surface area (Å²) in [5.74, 6) is 0.520. The largest absolute Gasteiger partial charge is 0.497 e. The topological polar surface area (TPSA) is 92.0 Å². The number of alkyl halides is 3. The number of rotatable bonds is 4. The molecule has 0 saturated carbocycles. The molecule has 7 nitrogen and oxygen atoms in total. The fourth-order valence-corrected chi connectivity index (χ4v) is 6.71. The number of nitrogens with one attached hydrogen (secondary N) is 2. The SMILES string of the molecule is COc1ccc([C@H]2C[C@@H](C(F)(F)F)n3nc(C(=O)Nc4sc5c(c4C#N)CC[C@@H](C(C)(C)C)C5)cc3N2)cc1. The molecule has 3 atom stereocenters. The van der Waals surface area contributed by atoms with Gasteiger partial charge in [-0.25, -0.2) is 4.68 Å². The van der Waals surface area contributed by atoms with Crippen molar-refractivity contribution in [3.8, 4) is 11.8 Å². The van der Waals surface area contributed by atoms with Crippen LogP contribution in [0, 0.1) is 22.7 Å². The minimum Gasteiger partial charge on any atom is -0.497 e. The van der Waals surface area contributed by atoms with E-state index in [1.807, 2.05) is 0 Å². The van der Waals surface area contributed by atoms with Crippen LogP contribution in [0.4, 0.5) is 24.0 Å². The van der Waals surface area contributed by atoms with Gasteiger partial charge in [-0.05, 0) is 53.9 Å². The van der Waals surface area contributed by atoms with Gasteiger partial charge in [0.15, 0.2) is 11.7 Å². The maximum absolute atomic E-state index is 14.1. The summed E-state index contributed by atoms with van der Waals surface area (Å²) in [5.41, 5.74) is 2.04. The van der Waals surface area contributed by atoms with Gasteiger partial charge in [-0.15, -0.1) is 11.3 Å². The second-order valence-corrected chi connectivity index (χ2v) is 12.3. The predicted octanol–water partition coefficient (Wildman–Crippen LogP) is 6.89. The summed E-state index contributed by atoms with van der Waals surface area (Å²) in [6.45, 7) is 6.60. The van der Waals surface area contributed by atoms with Gasteiger partial charge >= 0.3 is 6.18 Å². The van der Waals surface area contributed by atoms with Crippen LogP contribution >= 0.6 is 11.3 Å². The molecule has 2 N–H and O–H groups in total. The van der Waals surface area contributed by atoms with Gasteiger partial charge in [0.25, 0.3) is 5.91 Å². The Labute approximate surface area is 229 Å². The van der Waals surface area contributed by atoms with E-state index in [-0.39, 0.29) is 23.3 Å². The molecular formula is C28H30F3N5O2S. The molecule has 5 rings (SSSR count). The Bertz CT molecular complexity index is 1430. The third kappa shape index (κ3) is 5.22. The Kier molecular flexibility index (Phi) is 6.87. The quantitative estimate of drug-likeness (QED) is 0.365. The van der Waals surface area contributed by atoms with Crippen LogP contribution < -0.4 is 15.4 Å². The van der Waals surface area contributed by atoms with Crippen molar-refractivity contribution >= 4 is 28.1 Å². The highest BCUT2D eigenvalue weighted by molar-refractivity contribution is 7.16. The first-order valence-electron chi connectivity index (χ1n) is 12.8. The van der Waals surface area contributed by atoms with Crippen molar-refractivity contribution in [2.24, 2.45) is 11.3 Å². The zero-order valence-corrected chi connectivity index (χ0v) is 23.0. The summed E-state index contributed by atoms with van der Waals surface area (Å²) in [6, 6.07) is 7.85. The molecule has 0 saturated heterocycles. The van der Waals surface area contributed by atoms with Gasteiger partial charge < -0.3 is 15.4 Å². The molecule has 1 aliphatic carbocycles. The first-order valence-corrected chi connectivity index (χ1v) is 13.6. The third-order valence-corrected chi connectivity index (χ3v) is 8.94. The van der Waals surface area contributed by atoms with Crippen molar-refractivity contribution in [1.82, 2.24) is 9.78 Å². The molecule has 3 heterocycles. The van der Waals surface area contributed by atoms with Crippen molar-refractivity contribution < 1.29 is 22.7 Å². The Morgan fingerprint density at radius 2 is 1.97 bits per heavy atom. The number of fused-ring (bicyclic) bond motifs is 2. The molecule has 206 valence electrons. The summed E-state index contributed by atoms with van der Waals surface area (Å²) < 4.78 is 48.3. The van der Waals surface area contributed by atoms with Crippen LogP contribution in [0.1, 0.15) is 77.8 Å². The lowest BCUT2D eigenvalue weighted by Gasteiger charge is -2.33. The number of anilines is 2. The number of nitriles is 1. The lowest BCUT2D eigenvalue weighted by molar-refractivity contribution is -0.173. The number of carbonyl (C=O) groups excluding carboxylic acids is 1. The van der Waals surface area contributed by atoms with Gasteiger partial charge in [0.05, 0.1) is 18.7 Å². The van der Waals surface area contributed by atoms with E-state index in [2.05, 4.69) is 42.6 Å². The first kappa shape index (κ1) is 27.1. The van der Waals surface area contributed by atoms with Crippen LogP contribution in [-0.2, 0) is 12.8 Å². The molecule has 2 aliphatic rings. The molecule has 2 aromatic heterocycles. The van der Waals surface area contributed by atoms with E-state index in [1.54, 1.807) is 24.3 Å². The second kappa shape index (κ2) is 9.90. The summed E-state index contributed by atoms with van der Waals surface area (Å²) in [7, 11) is 1.52. The van der Waals surface area contributed by atoms with E-state index >= 15 is 0 Å². The molecule has 0 bridgehead atoms. The Morgan fingerprint density at radius 1 is 1.26 bits per heavy atom. The molecule has 0 radical (unpaired) electrons. The summed E-state index contributed by atoms with van der Waals surface area (Å²) in [4.78, 5) is 14.3. The number of hydrogen-bond acceptors (Lipinski definition) is 6. The number of methoxy groups -OCH3 is 1. The molecule has 1 amide bonds. The monoisotopic (exact) mass is 557 g/mol. The van der Waals surface area contributed by atoms with Crippen LogP contribution in [0.5, 0.6) is 5.75 Å². The van der Waals surface area contributed by atoms with E-state index in [4.69, 9.17) is 4.74 Å². The van der Waals surface area contributed by atoms with Crippen LogP contribution in [0.25, 0.3) is 0 Å². The number of ether oxygens (including phenoxy) is 1. The summed E-state index contributed by atoms with van der Waals surface area (Å²) in [6.07, 6.45) is -2.29. The Balaban J connectivity index is 1.41. The van der Waals surface area contributed by atoms with Crippen LogP contribution in [0.2, 0.25) is 0 Å². The molecule has 1 aliphatic heterocycles. The first-order chi connectivity index (χ1) is 18.4. The minimum atomic E-state index is -4.56. The molecule has 0 spiro atoms. The van der Waals surface area contributed by atoms with Gasteiger partial charge in [-0.1, -0.05) is 32.9 Å². The third-order valence-electron chi connectivity index (χ3n) is 7.77. The van der Waals surface area contributed by atoms with Crippen LogP contribution in [-0.4, -0.2) is 29.0 Å². The van der Waals surface area contributed by atoms with E-state index in [0.29, 0.717) is 27.8 Å². The number of aromatic nitrogens is 2. The highest BCUT2D eigenvalue weighted by Crippen LogP contribution is 2.45. The summed E-state index contributed by atoms with van der Waals surface area (Å²) >= 11 is 1.37. The fraction of sp³-hybridized carbons (Fsp3) is 0.464. The molecule has 3 aromatic rings. The van der Waals surface area contributed by atoms with Crippen LogP contribution in [0.3, 0.4) is 0 Å². The van der Waals surface area contributed by atoms with E-state index in [1.165, 1.54) is 24.5 Å². The number of halogens is 3. The normalized spacial score (nSPS) is 20.8. The van der Waals surface area contributed by atoms with Gasteiger partial charge in [0.1, 0.15) is 22.6 Å². The molecular weight excluding hydrogens is 527 g/mol. The molecule has 0 fully saturated rings. The standard InChI is InChI=1S/C28H30F3N5O2S/c1-27(2,3)16-7-10-18-19(14-32)26(39-22(18)11-16)34-25(37)21-13-24-33-20(15-5-8-17(38-4)9-6-15)12-23(28(29,30)31)36(24)35-21/h5-6,8-9,13,16,20,23,33H,7,10-12H2,1-4H3,(H,34,37)/t16-,20-,23+/m1/s1. The highest BCUT2D eigenvalue weighted by Gasteiger charge is 2.47. The van der Waals surface area contributed by atoms with Gasteiger partial charge in [-0.2, -0.15) is 23.5 Å². The number of nitrogens with zero attached hydrogens (tertiary/aromatic N) is 3. The number of carbonyl (C=O) groups is 1. The lowest BCUT2D eigenvalue weighted by Crippen LogP contribution is -2.35.